The molecule has 0 aliphatic carbocycles. The molecule has 0 radical (unpaired) electrons. The van der Waals surface area contributed by atoms with Crippen molar-refractivity contribution < 1.29 is 12.8 Å². The largest absolute Gasteiger partial charge is 0.328 e. The molecule has 0 bridgehead atoms. The molecule has 2 rings (SSSR count). The Morgan fingerprint density at radius 3 is 2.29 bits per heavy atom. The Labute approximate surface area is 132 Å². The molecule has 0 amide bonds. The van der Waals surface area contributed by atoms with E-state index in [1.165, 1.54) is 16.4 Å². The van der Waals surface area contributed by atoms with Crippen LogP contribution in [0.3, 0.4) is 0 Å². The van der Waals surface area contributed by atoms with Gasteiger partial charge in [0.1, 0.15) is 5.82 Å². The smallest absolute Gasteiger partial charge is 0.243 e. The van der Waals surface area contributed by atoms with Gasteiger partial charge in [-0.25, -0.2) is 12.8 Å². The topological polar surface area (TPSA) is 63.4 Å². The lowest BCUT2D eigenvalue weighted by atomic mass is 10.0. The monoisotopic (exact) mass is 336 g/mol. The van der Waals surface area contributed by atoms with E-state index in [0.29, 0.717) is 24.2 Å². The van der Waals surface area contributed by atoms with Crippen molar-refractivity contribution in [1.29, 1.82) is 0 Å². The van der Waals surface area contributed by atoms with Crippen LogP contribution in [0.25, 0.3) is 0 Å². The van der Waals surface area contributed by atoms with Crippen molar-refractivity contribution in [3.8, 4) is 0 Å². The highest BCUT2D eigenvalue weighted by Gasteiger charge is 2.35. The summed E-state index contributed by atoms with van der Waals surface area (Å²) in [6, 6.07) is 2.50. The Morgan fingerprint density at radius 1 is 1.33 bits per heavy atom. The van der Waals surface area contributed by atoms with E-state index >= 15 is 0 Å². The molecule has 1 saturated heterocycles. The number of benzene rings is 1. The SMILES string of the molecule is Cc1cc(F)cc(C)c1S(=O)(=O)N1CCC(C(C)N)C1.Cl. The third-order valence-electron chi connectivity index (χ3n) is 3.95. The maximum absolute atomic E-state index is 13.3. The highest BCUT2D eigenvalue weighted by molar-refractivity contribution is 7.89. The number of aryl methyl sites for hydroxylation is 2. The molecule has 21 heavy (non-hydrogen) atoms. The summed E-state index contributed by atoms with van der Waals surface area (Å²) in [5.41, 5.74) is 6.75. The molecule has 1 aromatic rings. The van der Waals surface area contributed by atoms with E-state index in [4.69, 9.17) is 5.73 Å². The number of rotatable bonds is 3. The summed E-state index contributed by atoms with van der Waals surface area (Å²) in [7, 11) is -3.57. The number of nitrogens with two attached hydrogens (primary N) is 1. The van der Waals surface area contributed by atoms with Gasteiger partial charge < -0.3 is 5.73 Å². The molecule has 2 N–H and O–H groups in total. The van der Waals surface area contributed by atoms with Crippen LogP contribution in [0.1, 0.15) is 24.5 Å². The Kier molecular flexibility index (Phi) is 5.77. The zero-order chi connectivity index (χ0) is 15.1. The zero-order valence-corrected chi connectivity index (χ0v) is 14.1. The third-order valence-corrected chi connectivity index (χ3v) is 6.13. The van der Waals surface area contributed by atoms with Gasteiger partial charge in [0, 0.05) is 19.1 Å². The number of hydrogen-bond donors (Lipinski definition) is 1. The van der Waals surface area contributed by atoms with E-state index in [2.05, 4.69) is 0 Å². The Morgan fingerprint density at radius 2 is 1.86 bits per heavy atom. The predicted octanol–water partition coefficient (Wildman–Crippen LogP) is 2.22. The van der Waals surface area contributed by atoms with Crippen molar-refractivity contribution in [3.63, 3.8) is 0 Å². The summed E-state index contributed by atoms with van der Waals surface area (Å²) in [5.74, 6) is -0.223. The molecule has 1 aliphatic rings. The number of hydrogen-bond acceptors (Lipinski definition) is 3. The van der Waals surface area contributed by atoms with Crippen LogP contribution in [0.5, 0.6) is 0 Å². The lowest BCUT2D eigenvalue weighted by Gasteiger charge is -2.20. The summed E-state index contributed by atoms with van der Waals surface area (Å²) < 4.78 is 40.2. The predicted molar refractivity (Wildman–Crippen MR) is 83.6 cm³/mol. The molecule has 7 heteroatoms. The maximum atomic E-state index is 13.3. The molecule has 1 aliphatic heterocycles. The quantitative estimate of drug-likeness (QED) is 0.920. The fraction of sp³-hybridized carbons (Fsp3) is 0.571. The molecular formula is C14H22ClFN2O2S. The van der Waals surface area contributed by atoms with Crippen LogP contribution in [0.4, 0.5) is 4.39 Å². The summed E-state index contributed by atoms with van der Waals surface area (Å²) in [4.78, 5) is 0.226. The summed E-state index contributed by atoms with van der Waals surface area (Å²) in [5, 5.41) is 0. The highest BCUT2D eigenvalue weighted by atomic mass is 35.5. The molecule has 4 nitrogen and oxygen atoms in total. The molecular weight excluding hydrogens is 315 g/mol. The molecule has 1 fully saturated rings. The minimum Gasteiger partial charge on any atom is -0.328 e. The van der Waals surface area contributed by atoms with Gasteiger partial charge in [0.25, 0.3) is 0 Å². The third kappa shape index (κ3) is 3.56. The van der Waals surface area contributed by atoms with Gasteiger partial charge in [-0.1, -0.05) is 0 Å². The van der Waals surface area contributed by atoms with Gasteiger partial charge in [0.2, 0.25) is 10.0 Å². The average Bonchev–Trinajstić information content (AvgIpc) is 2.76. The first-order chi connectivity index (χ1) is 9.23. The maximum Gasteiger partial charge on any atom is 0.243 e. The fourth-order valence-electron chi connectivity index (χ4n) is 2.83. The van der Waals surface area contributed by atoms with Crippen LogP contribution < -0.4 is 5.73 Å². The van der Waals surface area contributed by atoms with Gasteiger partial charge in [-0.3, -0.25) is 0 Å². The zero-order valence-electron chi connectivity index (χ0n) is 12.5. The van der Waals surface area contributed by atoms with Gasteiger partial charge in [0.15, 0.2) is 0 Å². The second kappa shape index (κ2) is 6.60. The highest BCUT2D eigenvalue weighted by Crippen LogP contribution is 2.29. The number of halogens is 2. The van der Waals surface area contributed by atoms with E-state index in [0.717, 1.165) is 6.42 Å². The van der Waals surface area contributed by atoms with Crippen molar-refractivity contribution in [2.24, 2.45) is 11.7 Å². The fourth-order valence-corrected chi connectivity index (χ4v) is 4.76. The van der Waals surface area contributed by atoms with E-state index in [1.54, 1.807) is 13.8 Å². The van der Waals surface area contributed by atoms with Gasteiger partial charge in [-0.15, -0.1) is 12.4 Å². The first kappa shape index (κ1) is 18.4. The Hall–Kier alpha value is -0.690. The van der Waals surface area contributed by atoms with Crippen LogP contribution in [0, 0.1) is 25.6 Å². The molecule has 1 aromatic carbocycles. The van der Waals surface area contributed by atoms with Crippen molar-refractivity contribution in [2.45, 2.75) is 38.1 Å². The van der Waals surface area contributed by atoms with Gasteiger partial charge in [-0.2, -0.15) is 4.31 Å². The molecule has 120 valence electrons. The lowest BCUT2D eigenvalue weighted by molar-refractivity contribution is 0.428. The standard InChI is InChI=1S/C14H21FN2O2S.ClH/c1-9-6-13(15)7-10(2)14(9)20(18,19)17-5-4-12(8-17)11(3)16;/h6-7,11-12H,4-5,8,16H2,1-3H3;1H. The number of nitrogens with zero attached hydrogens (tertiary/aromatic N) is 1. The van der Waals surface area contributed by atoms with Gasteiger partial charge in [0.05, 0.1) is 4.90 Å². The normalized spacial score (nSPS) is 21.1. The van der Waals surface area contributed by atoms with Crippen LogP contribution >= 0.6 is 12.4 Å². The molecule has 0 aromatic heterocycles. The van der Waals surface area contributed by atoms with E-state index in [-0.39, 0.29) is 29.3 Å². The minimum absolute atomic E-state index is 0. The average molecular weight is 337 g/mol. The molecule has 0 spiro atoms. The lowest BCUT2D eigenvalue weighted by Crippen LogP contribution is -2.33. The minimum atomic E-state index is -3.57. The van der Waals surface area contributed by atoms with Gasteiger partial charge in [-0.05, 0) is 56.4 Å². The second-order valence-electron chi connectivity index (χ2n) is 5.64. The molecule has 2 unspecified atom stereocenters. The molecule has 2 atom stereocenters. The first-order valence-electron chi connectivity index (χ1n) is 6.76. The molecule has 1 heterocycles. The second-order valence-corrected chi connectivity index (χ2v) is 7.51. The van der Waals surface area contributed by atoms with E-state index in [9.17, 15) is 12.8 Å². The van der Waals surface area contributed by atoms with Crippen LogP contribution in [0.15, 0.2) is 17.0 Å². The summed E-state index contributed by atoms with van der Waals surface area (Å²) in [6.45, 7) is 6.07. The van der Waals surface area contributed by atoms with E-state index in [1.807, 2.05) is 6.92 Å². The van der Waals surface area contributed by atoms with Gasteiger partial charge >= 0.3 is 0 Å². The van der Waals surface area contributed by atoms with Crippen LogP contribution in [0.2, 0.25) is 0 Å². The first-order valence-corrected chi connectivity index (χ1v) is 8.20. The Balaban J connectivity index is 0.00000220. The Bertz CT molecular complexity index is 596. The van der Waals surface area contributed by atoms with E-state index < -0.39 is 15.8 Å². The van der Waals surface area contributed by atoms with Crippen molar-refractivity contribution in [1.82, 2.24) is 4.31 Å². The summed E-state index contributed by atoms with van der Waals surface area (Å²) in [6.07, 6.45) is 0.774. The van der Waals surface area contributed by atoms with Crippen molar-refractivity contribution in [2.75, 3.05) is 13.1 Å². The molecule has 0 saturated carbocycles. The van der Waals surface area contributed by atoms with Crippen LogP contribution in [-0.2, 0) is 10.0 Å². The van der Waals surface area contributed by atoms with Crippen molar-refractivity contribution in [3.05, 3.63) is 29.1 Å². The van der Waals surface area contributed by atoms with Crippen molar-refractivity contribution >= 4 is 22.4 Å². The summed E-state index contributed by atoms with van der Waals surface area (Å²) >= 11 is 0. The number of sulfonamides is 1. The van der Waals surface area contributed by atoms with Crippen LogP contribution in [-0.4, -0.2) is 31.9 Å².